The number of anilines is 2. The van der Waals surface area contributed by atoms with Crippen LogP contribution in [-0.2, 0) is 20.3 Å². The standard InChI is InChI=1S/C13H12F3N3O2/c1-18-10(17-8-6-4-3-5-7-8)9(13(14,15)16)11(20)19(2)12(18)21/h3-7,17H,1-2H3. The zero-order chi connectivity index (χ0) is 15.8. The Hall–Kier alpha value is -2.51. The second-order valence-electron chi connectivity index (χ2n) is 4.42. The Balaban J connectivity index is 2.75. The normalized spacial score (nSPS) is 11.5. The van der Waals surface area contributed by atoms with Crippen molar-refractivity contribution in [2.45, 2.75) is 6.18 Å². The van der Waals surface area contributed by atoms with E-state index in [1.54, 1.807) is 18.2 Å². The number of hydrogen-bond acceptors (Lipinski definition) is 3. The molecule has 0 spiro atoms. The zero-order valence-electron chi connectivity index (χ0n) is 11.2. The Morgan fingerprint density at radius 2 is 1.57 bits per heavy atom. The lowest BCUT2D eigenvalue weighted by molar-refractivity contribution is -0.138. The molecule has 0 fully saturated rings. The maximum Gasteiger partial charge on any atom is 0.425 e. The molecule has 1 N–H and O–H groups in total. The molecule has 0 saturated carbocycles. The quantitative estimate of drug-likeness (QED) is 0.920. The molecular formula is C13H12F3N3O2. The first-order valence-electron chi connectivity index (χ1n) is 5.92. The van der Waals surface area contributed by atoms with Crippen LogP contribution in [0.2, 0.25) is 0 Å². The monoisotopic (exact) mass is 299 g/mol. The number of aromatic nitrogens is 2. The highest BCUT2D eigenvalue weighted by Gasteiger charge is 2.39. The largest absolute Gasteiger partial charge is 0.425 e. The summed E-state index contributed by atoms with van der Waals surface area (Å²) in [7, 11) is 2.18. The van der Waals surface area contributed by atoms with Crippen molar-refractivity contribution in [1.82, 2.24) is 9.13 Å². The molecule has 0 atom stereocenters. The van der Waals surface area contributed by atoms with Crippen LogP contribution in [0, 0.1) is 0 Å². The summed E-state index contributed by atoms with van der Waals surface area (Å²) in [5.41, 5.74) is -3.29. The van der Waals surface area contributed by atoms with Crippen LogP contribution in [-0.4, -0.2) is 9.13 Å². The molecule has 2 aromatic rings. The van der Waals surface area contributed by atoms with Crippen LogP contribution < -0.4 is 16.6 Å². The third-order valence-corrected chi connectivity index (χ3v) is 2.98. The van der Waals surface area contributed by atoms with Crippen molar-refractivity contribution in [3.8, 4) is 0 Å². The molecule has 21 heavy (non-hydrogen) atoms. The zero-order valence-corrected chi connectivity index (χ0v) is 11.2. The van der Waals surface area contributed by atoms with Gasteiger partial charge in [-0.2, -0.15) is 13.2 Å². The molecule has 112 valence electrons. The Morgan fingerprint density at radius 1 is 1.00 bits per heavy atom. The molecule has 2 rings (SSSR count). The van der Waals surface area contributed by atoms with Crippen molar-refractivity contribution < 1.29 is 13.2 Å². The second kappa shape index (κ2) is 5.12. The van der Waals surface area contributed by atoms with Gasteiger partial charge in [0.25, 0.3) is 5.56 Å². The molecule has 0 aliphatic heterocycles. The van der Waals surface area contributed by atoms with Gasteiger partial charge in [0.2, 0.25) is 0 Å². The van der Waals surface area contributed by atoms with Crippen LogP contribution >= 0.6 is 0 Å². The summed E-state index contributed by atoms with van der Waals surface area (Å²) >= 11 is 0. The summed E-state index contributed by atoms with van der Waals surface area (Å²) in [5, 5.41) is 2.49. The van der Waals surface area contributed by atoms with Crippen molar-refractivity contribution in [2.75, 3.05) is 5.32 Å². The molecule has 0 aliphatic rings. The van der Waals surface area contributed by atoms with Crippen LogP contribution in [0.25, 0.3) is 0 Å². The van der Waals surface area contributed by atoms with Crippen molar-refractivity contribution in [1.29, 1.82) is 0 Å². The first kappa shape index (κ1) is 14.9. The number of nitrogens with one attached hydrogen (secondary N) is 1. The highest BCUT2D eigenvalue weighted by Crippen LogP contribution is 2.32. The molecule has 1 aromatic carbocycles. The second-order valence-corrected chi connectivity index (χ2v) is 4.42. The molecule has 1 aromatic heterocycles. The Kier molecular flexibility index (Phi) is 3.63. The molecule has 5 nitrogen and oxygen atoms in total. The van der Waals surface area contributed by atoms with E-state index in [0.717, 1.165) is 11.6 Å². The number of benzene rings is 1. The van der Waals surface area contributed by atoms with Crippen LogP contribution in [0.5, 0.6) is 0 Å². The topological polar surface area (TPSA) is 56.0 Å². The molecule has 1 heterocycles. The van der Waals surface area contributed by atoms with Gasteiger partial charge in [0, 0.05) is 19.8 Å². The average molecular weight is 299 g/mol. The highest BCUT2D eigenvalue weighted by atomic mass is 19.4. The molecule has 0 saturated heterocycles. The van der Waals surface area contributed by atoms with E-state index in [4.69, 9.17) is 0 Å². The Bertz CT molecular complexity index is 776. The summed E-state index contributed by atoms with van der Waals surface area (Å²) in [6.07, 6.45) is -4.88. The third kappa shape index (κ3) is 2.69. The van der Waals surface area contributed by atoms with Gasteiger partial charge >= 0.3 is 11.9 Å². The first-order chi connectivity index (χ1) is 9.73. The average Bonchev–Trinajstić information content (AvgIpc) is 2.42. The predicted molar refractivity (Wildman–Crippen MR) is 71.7 cm³/mol. The number of alkyl halides is 3. The number of nitrogens with zero attached hydrogens (tertiary/aromatic N) is 2. The van der Waals surface area contributed by atoms with Gasteiger partial charge in [-0.05, 0) is 12.1 Å². The van der Waals surface area contributed by atoms with E-state index in [2.05, 4.69) is 5.32 Å². The number of hydrogen-bond donors (Lipinski definition) is 1. The van der Waals surface area contributed by atoms with E-state index in [-0.39, 0.29) is 0 Å². The van der Waals surface area contributed by atoms with E-state index >= 15 is 0 Å². The lowest BCUT2D eigenvalue weighted by Crippen LogP contribution is -2.42. The summed E-state index contributed by atoms with van der Waals surface area (Å²) < 4.78 is 40.6. The number of para-hydroxylation sites is 1. The van der Waals surface area contributed by atoms with Crippen molar-refractivity contribution in [2.24, 2.45) is 14.1 Å². The third-order valence-electron chi connectivity index (χ3n) is 2.98. The van der Waals surface area contributed by atoms with E-state index in [0.29, 0.717) is 10.3 Å². The van der Waals surface area contributed by atoms with Crippen LogP contribution in [0.4, 0.5) is 24.7 Å². The fraction of sp³-hybridized carbons (Fsp3) is 0.231. The fourth-order valence-electron chi connectivity index (χ4n) is 1.90. The van der Waals surface area contributed by atoms with Gasteiger partial charge in [0.05, 0.1) is 0 Å². The van der Waals surface area contributed by atoms with Gasteiger partial charge < -0.3 is 5.32 Å². The summed E-state index contributed by atoms with van der Waals surface area (Å²) in [5.74, 6) is -0.582. The van der Waals surface area contributed by atoms with E-state index < -0.39 is 28.8 Å². The van der Waals surface area contributed by atoms with Gasteiger partial charge in [-0.1, -0.05) is 18.2 Å². The molecule has 0 unspecified atom stereocenters. The minimum Gasteiger partial charge on any atom is -0.341 e. The fourth-order valence-corrected chi connectivity index (χ4v) is 1.90. The van der Waals surface area contributed by atoms with Crippen LogP contribution in [0.3, 0.4) is 0 Å². The van der Waals surface area contributed by atoms with Gasteiger partial charge in [-0.15, -0.1) is 0 Å². The molecule has 8 heteroatoms. The van der Waals surface area contributed by atoms with E-state index in [1.165, 1.54) is 19.2 Å². The van der Waals surface area contributed by atoms with Crippen molar-refractivity contribution >= 4 is 11.5 Å². The first-order valence-corrected chi connectivity index (χ1v) is 5.92. The maximum atomic E-state index is 13.1. The number of halogens is 3. The van der Waals surface area contributed by atoms with Crippen LogP contribution in [0.15, 0.2) is 39.9 Å². The SMILES string of the molecule is Cn1c(Nc2ccccc2)c(C(F)(F)F)c(=O)n(C)c1=O. The molecule has 0 amide bonds. The Labute approximate surface area is 117 Å². The summed E-state index contributed by atoms with van der Waals surface area (Å²) in [4.78, 5) is 23.6. The minimum atomic E-state index is -4.88. The van der Waals surface area contributed by atoms with Crippen molar-refractivity contribution in [3.05, 3.63) is 56.7 Å². The molecular weight excluding hydrogens is 287 g/mol. The molecule has 0 radical (unpaired) electrons. The summed E-state index contributed by atoms with van der Waals surface area (Å²) in [6, 6.07) is 7.99. The number of rotatable bonds is 2. The molecule has 0 bridgehead atoms. The van der Waals surface area contributed by atoms with Gasteiger partial charge in [-0.3, -0.25) is 13.9 Å². The molecule has 0 aliphatic carbocycles. The van der Waals surface area contributed by atoms with Crippen LogP contribution in [0.1, 0.15) is 5.56 Å². The highest BCUT2D eigenvalue weighted by molar-refractivity contribution is 5.59. The predicted octanol–water partition coefficient (Wildman–Crippen LogP) is 1.85. The van der Waals surface area contributed by atoms with Crippen molar-refractivity contribution in [3.63, 3.8) is 0 Å². The van der Waals surface area contributed by atoms with Gasteiger partial charge in [-0.25, -0.2) is 4.79 Å². The van der Waals surface area contributed by atoms with E-state index in [9.17, 15) is 22.8 Å². The minimum absolute atomic E-state index is 0.339. The lowest BCUT2D eigenvalue weighted by atomic mass is 10.2. The lowest BCUT2D eigenvalue weighted by Gasteiger charge is -2.18. The Morgan fingerprint density at radius 3 is 2.10 bits per heavy atom. The van der Waals surface area contributed by atoms with E-state index in [1.807, 2.05) is 0 Å². The summed E-state index contributed by atoms with van der Waals surface area (Å²) in [6.45, 7) is 0. The van der Waals surface area contributed by atoms with Gasteiger partial charge in [0.15, 0.2) is 5.56 Å². The smallest absolute Gasteiger partial charge is 0.341 e. The maximum absolute atomic E-state index is 13.1. The van der Waals surface area contributed by atoms with Gasteiger partial charge in [0.1, 0.15) is 5.82 Å².